The largest absolute Gasteiger partial charge is 0.476 e. The predicted molar refractivity (Wildman–Crippen MR) is 67.9 cm³/mol. The summed E-state index contributed by atoms with van der Waals surface area (Å²) in [4.78, 5) is 23.5. The van der Waals surface area contributed by atoms with Gasteiger partial charge in [0.05, 0.1) is 0 Å². The molecule has 2 heterocycles. The van der Waals surface area contributed by atoms with Crippen LogP contribution < -0.4 is 4.90 Å². The molecule has 1 N–H and O–H groups in total. The number of nitrogens with zero attached hydrogens (tertiary/aromatic N) is 4. The van der Waals surface area contributed by atoms with Crippen LogP contribution in [0.4, 0.5) is 5.82 Å². The minimum absolute atomic E-state index is 0.0430. The van der Waals surface area contributed by atoms with Crippen molar-refractivity contribution in [2.75, 3.05) is 37.6 Å². The fourth-order valence-corrected chi connectivity index (χ4v) is 2.21. The maximum absolute atomic E-state index is 11.1. The van der Waals surface area contributed by atoms with Gasteiger partial charge in [-0.25, -0.2) is 14.8 Å². The Morgan fingerprint density at radius 2 is 1.94 bits per heavy atom. The van der Waals surface area contributed by atoms with Crippen molar-refractivity contribution in [3.8, 4) is 0 Å². The lowest BCUT2D eigenvalue weighted by atomic mass is 10.2. The van der Waals surface area contributed by atoms with E-state index in [-0.39, 0.29) is 5.69 Å². The highest BCUT2D eigenvalue weighted by Gasteiger charge is 2.22. The summed E-state index contributed by atoms with van der Waals surface area (Å²) in [6.07, 6.45) is 4.10. The molecule has 0 saturated carbocycles. The lowest BCUT2D eigenvalue weighted by molar-refractivity contribution is 0.0690. The zero-order valence-electron chi connectivity index (χ0n) is 10.5. The molecule has 1 aliphatic heterocycles. The van der Waals surface area contributed by atoms with Gasteiger partial charge < -0.3 is 10.0 Å². The molecule has 0 bridgehead atoms. The molecule has 1 aromatic rings. The van der Waals surface area contributed by atoms with Crippen molar-refractivity contribution in [3.63, 3.8) is 0 Å². The van der Waals surface area contributed by atoms with Crippen molar-refractivity contribution < 1.29 is 9.90 Å². The van der Waals surface area contributed by atoms with Gasteiger partial charge in [-0.1, -0.05) is 6.92 Å². The second-order valence-corrected chi connectivity index (χ2v) is 4.36. The zero-order chi connectivity index (χ0) is 13.0. The van der Waals surface area contributed by atoms with Crippen LogP contribution in [0.3, 0.4) is 0 Å². The lowest BCUT2D eigenvalue weighted by Crippen LogP contribution is -2.47. The van der Waals surface area contributed by atoms with Gasteiger partial charge in [0.2, 0.25) is 0 Å². The number of carboxylic acid groups (broad SMARTS) is 1. The van der Waals surface area contributed by atoms with E-state index in [1.807, 2.05) is 4.90 Å². The monoisotopic (exact) mass is 250 g/mol. The summed E-state index contributed by atoms with van der Waals surface area (Å²) in [5.41, 5.74) is 0.0430. The number of piperazine rings is 1. The third-order valence-corrected chi connectivity index (χ3v) is 3.09. The molecule has 98 valence electrons. The van der Waals surface area contributed by atoms with Crippen molar-refractivity contribution in [2.45, 2.75) is 13.3 Å². The molecule has 0 radical (unpaired) electrons. The molecule has 1 aliphatic rings. The molecular weight excluding hydrogens is 232 g/mol. The second kappa shape index (κ2) is 5.77. The normalized spacial score (nSPS) is 16.8. The average Bonchev–Trinajstić information content (AvgIpc) is 2.40. The molecule has 0 unspecified atom stereocenters. The number of aromatic carboxylic acids is 1. The van der Waals surface area contributed by atoms with Gasteiger partial charge >= 0.3 is 5.97 Å². The molecule has 0 aromatic carbocycles. The van der Waals surface area contributed by atoms with E-state index in [4.69, 9.17) is 5.11 Å². The smallest absolute Gasteiger partial charge is 0.358 e. The first-order chi connectivity index (χ1) is 8.72. The molecule has 1 saturated heterocycles. The van der Waals surface area contributed by atoms with Crippen LogP contribution in [0.2, 0.25) is 0 Å². The fourth-order valence-electron chi connectivity index (χ4n) is 2.21. The van der Waals surface area contributed by atoms with E-state index in [1.165, 1.54) is 6.20 Å². The minimum atomic E-state index is -1.02. The Labute approximate surface area is 106 Å². The van der Waals surface area contributed by atoms with Crippen molar-refractivity contribution in [3.05, 3.63) is 18.1 Å². The molecule has 6 heteroatoms. The van der Waals surface area contributed by atoms with Crippen LogP contribution in [0, 0.1) is 0 Å². The van der Waals surface area contributed by atoms with Crippen LogP contribution in [0.25, 0.3) is 0 Å². The van der Waals surface area contributed by atoms with Gasteiger partial charge in [0.25, 0.3) is 0 Å². The number of carboxylic acids is 1. The third kappa shape index (κ3) is 2.76. The summed E-state index contributed by atoms with van der Waals surface area (Å²) in [5.74, 6) is -0.532. The fraction of sp³-hybridized carbons (Fsp3) is 0.583. The van der Waals surface area contributed by atoms with Gasteiger partial charge in [0, 0.05) is 38.6 Å². The minimum Gasteiger partial charge on any atom is -0.476 e. The molecule has 0 aliphatic carbocycles. The molecular formula is C12H18N4O2. The average molecular weight is 250 g/mol. The maximum Gasteiger partial charge on any atom is 0.358 e. The van der Waals surface area contributed by atoms with Crippen LogP contribution in [0.15, 0.2) is 12.4 Å². The zero-order valence-corrected chi connectivity index (χ0v) is 10.5. The lowest BCUT2D eigenvalue weighted by Gasteiger charge is -2.35. The number of anilines is 1. The van der Waals surface area contributed by atoms with Crippen LogP contribution in [0.1, 0.15) is 23.8 Å². The molecule has 1 aromatic heterocycles. The molecule has 0 spiro atoms. The molecule has 1 fully saturated rings. The van der Waals surface area contributed by atoms with E-state index < -0.39 is 5.97 Å². The van der Waals surface area contributed by atoms with E-state index in [1.54, 1.807) is 6.20 Å². The van der Waals surface area contributed by atoms with E-state index in [0.717, 1.165) is 39.1 Å². The Morgan fingerprint density at radius 3 is 2.56 bits per heavy atom. The molecule has 18 heavy (non-hydrogen) atoms. The molecule has 0 amide bonds. The Hall–Kier alpha value is -1.69. The first-order valence-electron chi connectivity index (χ1n) is 6.24. The Balaban J connectivity index is 2.07. The van der Waals surface area contributed by atoms with E-state index in [9.17, 15) is 4.79 Å². The van der Waals surface area contributed by atoms with Crippen LogP contribution in [-0.2, 0) is 0 Å². The maximum atomic E-state index is 11.1. The van der Waals surface area contributed by atoms with E-state index in [2.05, 4.69) is 21.8 Å². The second-order valence-electron chi connectivity index (χ2n) is 4.36. The summed E-state index contributed by atoms with van der Waals surface area (Å²) in [5, 5.41) is 9.09. The number of rotatable bonds is 4. The summed E-state index contributed by atoms with van der Waals surface area (Å²) in [7, 11) is 0. The molecule has 6 nitrogen and oxygen atoms in total. The van der Waals surface area contributed by atoms with Gasteiger partial charge in [-0.2, -0.15) is 0 Å². The highest BCUT2D eigenvalue weighted by atomic mass is 16.4. The van der Waals surface area contributed by atoms with Gasteiger partial charge in [-0.15, -0.1) is 0 Å². The highest BCUT2D eigenvalue weighted by molar-refractivity contribution is 5.90. The predicted octanol–water partition coefficient (Wildman–Crippen LogP) is 0.707. The van der Waals surface area contributed by atoms with Crippen LogP contribution in [0.5, 0.6) is 0 Å². The van der Waals surface area contributed by atoms with Gasteiger partial charge in [0.15, 0.2) is 11.5 Å². The number of hydrogen-bond acceptors (Lipinski definition) is 5. The SMILES string of the molecule is CCCN1CCN(c2nccnc2C(=O)O)CC1. The molecule has 2 rings (SSSR count). The summed E-state index contributed by atoms with van der Waals surface area (Å²) in [6, 6.07) is 0. The standard InChI is InChI=1S/C12H18N4O2/c1-2-5-15-6-8-16(9-7-15)11-10(12(17)18)13-3-4-14-11/h3-4H,2,5-9H2,1H3,(H,17,18). The number of aromatic nitrogens is 2. The summed E-state index contributed by atoms with van der Waals surface area (Å²) >= 11 is 0. The Kier molecular flexibility index (Phi) is 4.09. The van der Waals surface area contributed by atoms with Crippen molar-refractivity contribution in [2.24, 2.45) is 0 Å². The van der Waals surface area contributed by atoms with Crippen molar-refractivity contribution in [1.29, 1.82) is 0 Å². The number of hydrogen-bond donors (Lipinski definition) is 1. The third-order valence-electron chi connectivity index (χ3n) is 3.09. The van der Waals surface area contributed by atoms with Crippen LogP contribution >= 0.6 is 0 Å². The first-order valence-corrected chi connectivity index (χ1v) is 6.24. The highest BCUT2D eigenvalue weighted by Crippen LogP contribution is 2.17. The van der Waals surface area contributed by atoms with Crippen molar-refractivity contribution >= 4 is 11.8 Å². The van der Waals surface area contributed by atoms with Gasteiger partial charge in [-0.05, 0) is 13.0 Å². The topological polar surface area (TPSA) is 69.6 Å². The van der Waals surface area contributed by atoms with Crippen molar-refractivity contribution in [1.82, 2.24) is 14.9 Å². The van der Waals surface area contributed by atoms with Crippen LogP contribution in [-0.4, -0.2) is 58.7 Å². The molecule has 0 atom stereocenters. The first kappa shape index (κ1) is 12.8. The quantitative estimate of drug-likeness (QED) is 0.848. The summed E-state index contributed by atoms with van der Waals surface area (Å²) in [6.45, 7) is 6.77. The van der Waals surface area contributed by atoms with Gasteiger partial charge in [-0.3, -0.25) is 4.90 Å². The van der Waals surface area contributed by atoms with E-state index in [0.29, 0.717) is 5.82 Å². The summed E-state index contributed by atoms with van der Waals surface area (Å²) < 4.78 is 0. The number of carbonyl (C=O) groups is 1. The van der Waals surface area contributed by atoms with E-state index >= 15 is 0 Å². The van der Waals surface area contributed by atoms with Gasteiger partial charge in [0.1, 0.15) is 0 Å². The Bertz CT molecular complexity index is 416. The Morgan fingerprint density at radius 1 is 1.28 bits per heavy atom.